The van der Waals surface area contributed by atoms with E-state index >= 15 is 0 Å². The first kappa shape index (κ1) is 13.6. The topological polar surface area (TPSA) is 32.3 Å². The SMILES string of the molecule is CCC1NC(c2cccc(F)c2)N(C2CC2(C)C)C1=O. The Kier molecular flexibility index (Phi) is 3.09. The summed E-state index contributed by atoms with van der Waals surface area (Å²) in [7, 11) is 0. The van der Waals surface area contributed by atoms with E-state index in [0.717, 1.165) is 18.4 Å². The molecule has 1 saturated carbocycles. The third-order valence-electron chi connectivity index (χ3n) is 4.56. The lowest BCUT2D eigenvalue weighted by Crippen LogP contribution is -2.35. The maximum absolute atomic E-state index is 13.5. The number of hydrogen-bond acceptors (Lipinski definition) is 2. The van der Waals surface area contributed by atoms with Gasteiger partial charge in [0.05, 0.1) is 6.04 Å². The van der Waals surface area contributed by atoms with E-state index in [1.165, 1.54) is 12.1 Å². The van der Waals surface area contributed by atoms with Crippen molar-refractivity contribution in [2.24, 2.45) is 5.41 Å². The van der Waals surface area contributed by atoms with Crippen molar-refractivity contribution in [2.75, 3.05) is 0 Å². The Morgan fingerprint density at radius 2 is 2.15 bits per heavy atom. The number of amides is 1. The van der Waals surface area contributed by atoms with Crippen molar-refractivity contribution in [1.82, 2.24) is 10.2 Å². The summed E-state index contributed by atoms with van der Waals surface area (Å²) in [5.41, 5.74) is 1.00. The number of nitrogens with one attached hydrogen (secondary N) is 1. The molecule has 2 fully saturated rings. The van der Waals surface area contributed by atoms with Crippen molar-refractivity contribution in [2.45, 2.75) is 51.9 Å². The molecule has 0 bridgehead atoms. The normalized spacial score (nSPS) is 31.7. The first-order chi connectivity index (χ1) is 9.44. The molecule has 1 aliphatic carbocycles. The number of rotatable bonds is 3. The molecule has 0 spiro atoms. The summed E-state index contributed by atoms with van der Waals surface area (Å²) in [5.74, 6) is -0.107. The van der Waals surface area contributed by atoms with E-state index in [-0.39, 0.29) is 35.4 Å². The summed E-state index contributed by atoms with van der Waals surface area (Å²) in [6.07, 6.45) is 1.58. The van der Waals surface area contributed by atoms with Gasteiger partial charge in [-0.1, -0.05) is 32.9 Å². The highest BCUT2D eigenvalue weighted by Gasteiger charge is 2.56. The number of carbonyl (C=O) groups is 1. The number of benzene rings is 1. The number of halogens is 1. The molecule has 1 amide bonds. The quantitative estimate of drug-likeness (QED) is 0.920. The van der Waals surface area contributed by atoms with Gasteiger partial charge in [0.25, 0.3) is 0 Å². The van der Waals surface area contributed by atoms with E-state index in [1.54, 1.807) is 6.07 Å². The fourth-order valence-corrected chi connectivity index (χ4v) is 3.12. The van der Waals surface area contributed by atoms with Crippen LogP contribution in [0.1, 0.15) is 45.3 Å². The summed E-state index contributed by atoms with van der Waals surface area (Å²) in [6, 6.07) is 6.64. The van der Waals surface area contributed by atoms with Gasteiger partial charge in [0.2, 0.25) is 5.91 Å². The average molecular weight is 276 g/mol. The number of nitrogens with zero attached hydrogens (tertiary/aromatic N) is 1. The van der Waals surface area contributed by atoms with E-state index < -0.39 is 0 Å². The van der Waals surface area contributed by atoms with Gasteiger partial charge in [-0.05, 0) is 36.0 Å². The predicted molar refractivity (Wildman–Crippen MR) is 75.4 cm³/mol. The summed E-state index contributed by atoms with van der Waals surface area (Å²) in [4.78, 5) is 14.5. The van der Waals surface area contributed by atoms with E-state index in [9.17, 15) is 9.18 Å². The van der Waals surface area contributed by atoms with Gasteiger partial charge in [-0.3, -0.25) is 10.1 Å². The molecule has 1 aromatic rings. The van der Waals surface area contributed by atoms with Crippen LogP contribution in [0.3, 0.4) is 0 Å². The molecule has 1 saturated heterocycles. The van der Waals surface area contributed by atoms with Crippen LogP contribution in [0.15, 0.2) is 24.3 Å². The zero-order chi connectivity index (χ0) is 14.5. The molecule has 1 aromatic carbocycles. The molecule has 0 aromatic heterocycles. The molecule has 3 nitrogen and oxygen atoms in total. The molecule has 1 aliphatic heterocycles. The standard InChI is InChI=1S/C16H21FN2O/c1-4-12-15(20)19(13-9-16(13,2)3)14(18-12)10-6-5-7-11(17)8-10/h5-8,12-14,18H,4,9H2,1-3H3. The molecule has 108 valence electrons. The van der Waals surface area contributed by atoms with Crippen LogP contribution in [0.2, 0.25) is 0 Å². The maximum atomic E-state index is 13.5. The molecular formula is C16H21FN2O. The predicted octanol–water partition coefficient (Wildman–Crippen LogP) is 2.83. The van der Waals surface area contributed by atoms with E-state index in [1.807, 2.05) is 17.9 Å². The fraction of sp³-hybridized carbons (Fsp3) is 0.562. The van der Waals surface area contributed by atoms with Gasteiger partial charge in [-0.25, -0.2) is 4.39 Å². The minimum absolute atomic E-state index is 0.150. The zero-order valence-corrected chi connectivity index (χ0v) is 12.2. The molecule has 4 heteroatoms. The van der Waals surface area contributed by atoms with Crippen LogP contribution in [0, 0.1) is 11.2 Å². The highest BCUT2D eigenvalue weighted by Crippen LogP contribution is 2.52. The molecular weight excluding hydrogens is 255 g/mol. The van der Waals surface area contributed by atoms with E-state index in [4.69, 9.17) is 0 Å². The third-order valence-corrected chi connectivity index (χ3v) is 4.56. The second-order valence-corrected chi connectivity index (χ2v) is 6.54. The monoisotopic (exact) mass is 276 g/mol. The van der Waals surface area contributed by atoms with Crippen LogP contribution in [0.5, 0.6) is 0 Å². The van der Waals surface area contributed by atoms with Gasteiger partial charge in [0.15, 0.2) is 0 Å². The first-order valence-corrected chi connectivity index (χ1v) is 7.28. The summed E-state index contributed by atoms with van der Waals surface area (Å²) in [6.45, 7) is 6.35. The molecule has 1 heterocycles. The van der Waals surface area contributed by atoms with Crippen LogP contribution in [-0.4, -0.2) is 22.9 Å². The Balaban J connectivity index is 1.93. The minimum atomic E-state index is -0.258. The van der Waals surface area contributed by atoms with Crippen molar-refractivity contribution < 1.29 is 9.18 Å². The van der Waals surface area contributed by atoms with Crippen molar-refractivity contribution in [3.8, 4) is 0 Å². The molecule has 0 radical (unpaired) electrons. The van der Waals surface area contributed by atoms with E-state index in [2.05, 4.69) is 19.2 Å². The molecule has 3 atom stereocenters. The van der Waals surface area contributed by atoms with Crippen LogP contribution in [0.4, 0.5) is 4.39 Å². The van der Waals surface area contributed by atoms with Crippen molar-refractivity contribution >= 4 is 5.91 Å². The number of hydrogen-bond donors (Lipinski definition) is 1. The fourth-order valence-electron chi connectivity index (χ4n) is 3.12. The third kappa shape index (κ3) is 2.12. The Labute approximate surface area is 119 Å². The van der Waals surface area contributed by atoms with Crippen molar-refractivity contribution in [1.29, 1.82) is 0 Å². The van der Waals surface area contributed by atoms with Crippen LogP contribution in [-0.2, 0) is 4.79 Å². The van der Waals surface area contributed by atoms with Crippen molar-refractivity contribution in [3.63, 3.8) is 0 Å². The Morgan fingerprint density at radius 3 is 2.70 bits per heavy atom. The summed E-state index contributed by atoms with van der Waals surface area (Å²) in [5, 5.41) is 3.35. The lowest BCUT2D eigenvalue weighted by atomic mass is 10.1. The Bertz CT molecular complexity index is 543. The zero-order valence-electron chi connectivity index (χ0n) is 12.2. The van der Waals surface area contributed by atoms with Gasteiger partial charge in [0, 0.05) is 6.04 Å². The van der Waals surface area contributed by atoms with Gasteiger partial charge < -0.3 is 4.90 Å². The lowest BCUT2D eigenvalue weighted by molar-refractivity contribution is -0.131. The van der Waals surface area contributed by atoms with Gasteiger partial charge in [-0.15, -0.1) is 0 Å². The maximum Gasteiger partial charge on any atom is 0.241 e. The second kappa shape index (κ2) is 4.55. The minimum Gasteiger partial charge on any atom is -0.318 e. The molecule has 2 aliphatic rings. The highest BCUT2D eigenvalue weighted by atomic mass is 19.1. The van der Waals surface area contributed by atoms with Crippen LogP contribution < -0.4 is 5.32 Å². The molecule has 3 unspecified atom stereocenters. The van der Waals surface area contributed by atoms with Gasteiger partial charge in [0.1, 0.15) is 12.0 Å². The smallest absolute Gasteiger partial charge is 0.241 e. The number of carbonyl (C=O) groups excluding carboxylic acids is 1. The van der Waals surface area contributed by atoms with Gasteiger partial charge in [-0.2, -0.15) is 0 Å². The van der Waals surface area contributed by atoms with E-state index in [0.29, 0.717) is 0 Å². The van der Waals surface area contributed by atoms with Crippen LogP contribution in [0.25, 0.3) is 0 Å². The Hall–Kier alpha value is -1.42. The molecule has 20 heavy (non-hydrogen) atoms. The summed E-state index contributed by atoms with van der Waals surface area (Å²) < 4.78 is 13.5. The molecule has 1 N–H and O–H groups in total. The van der Waals surface area contributed by atoms with Gasteiger partial charge >= 0.3 is 0 Å². The average Bonchev–Trinajstić information content (AvgIpc) is 2.88. The molecule has 3 rings (SSSR count). The highest BCUT2D eigenvalue weighted by molar-refractivity contribution is 5.85. The Morgan fingerprint density at radius 1 is 1.45 bits per heavy atom. The summed E-state index contributed by atoms with van der Waals surface area (Å²) >= 11 is 0. The first-order valence-electron chi connectivity index (χ1n) is 7.28. The lowest BCUT2D eigenvalue weighted by Gasteiger charge is -2.26. The second-order valence-electron chi connectivity index (χ2n) is 6.54. The van der Waals surface area contributed by atoms with Crippen LogP contribution >= 0.6 is 0 Å². The van der Waals surface area contributed by atoms with Crippen molar-refractivity contribution in [3.05, 3.63) is 35.6 Å². The largest absolute Gasteiger partial charge is 0.318 e.